The van der Waals surface area contributed by atoms with Crippen LogP contribution in [0.5, 0.6) is 0 Å². The average molecular weight is 272 g/mol. The molecule has 1 aliphatic rings. The molecule has 1 atom stereocenters. The van der Waals surface area contributed by atoms with Gasteiger partial charge in [-0.2, -0.15) is 13.2 Å². The van der Waals surface area contributed by atoms with Crippen LogP contribution in [0.4, 0.5) is 19.0 Å². The molecule has 1 fully saturated rings. The van der Waals surface area contributed by atoms with Crippen LogP contribution < -0.4 is 5.32 Å². The first-order chi connectivity index (χ1) is 8.97. The fraction of sp³-hybridized carbons (Fsp3) is 0.600. The zero-order valence-electron chi connectivity index (χ0n) is 10.0. The molecule has 0 spiro atoms. The lowest BCUT2D eigenvalue weighted by Gasteiger charge is -2.15. The van der Waals surface area contributed by atoms with E-state index in [1.165, 1.54) is 6.33 Å². The van der Waals surface area contributed by atoms with Crippen LogP contribution in [0, 0.1) is 0 Å². The fourth-order valence-corrected chi connectivity index (χ4v) is 1.69. The van der Waals surface area contributed by atoms with E-state index in [-0.39, 0.29) is 11.2 Å². The molecule has 19 heavy (non-hydrogen) atoms. The smallest absolute Gasteiger partial charge is 0.365 e. The van der Waals surface area contributed by atoms with Gasteiger partial charge in [-0.3, -0.25) is 0 Å². The van der Waals surface area contributed by atoms with Crippen molar-refractivity contribution >= 4 is 17.0 Å². The highest BCUT2D eigenvalue weighted by molar-refractivity contribution is 5.82. The van der Waals surface area contributed by atoms with Crippen molar-refractivity contribution in [1.82, 2.24) is 25.0 Å². The Hall–Kier alpha value is -1.93. The number of hydrogen-bond acceptors (Lipinski definition) is 5. The Balaban J connectivity index is 2.03. The summed E-state index contributed by atoms with van der Waals surface area (Å²) in [7, 11) is 0. The molecule has 6 nitrogen and oxygen atoms in total. The molecule has 0 aliphatic heterocycles. The maximum Gasteiger partial charge on any atom is 0.410 e. The number of nitrogens with zero attached hydrogens (tertiary/aromatic N) is 5. The largest absolute Gasteiger partial charge is 0.410 e. The zero-order chi connectivity index (χ0) is 13.6. The predicted octanol–water partition coefficient (Wildman–Crippen LogP) is 1.92. The Bertz CT molecular complexity index is 603. The van der Waals surface area contributed by atoms with Crippen LogP contribution in [0.2, 0.25) is 0 Å². The van der Waals surface area contributed by atoms with Crippen LogP contribution in [-0.2, 0) is 0 Å². The second-order valence-electron chi connectivity index (χ2n) is 4.56. The van der Waals surface area contributed by atoms with Gasteiger partial charge in [0.05, 0.1) is 0 Å². The zero-order valence-corrected chi connectivity index (χ0v) is 10.0. The van der Waals surface area contributed by atoms with E-state index in [9.17, 15) is 13.2 Å². The van der Waals surface area contributed by atoms with E-state index in [4.69, 9.17) is 0 Å². The highest BCUT2D eigenvalue weighted by Crippen LogP contribution is 2.32. The minimum Gasteiger partial charge on any atom is -0.365 e. The lowest BCUT2D eigenvalue weighted by molar-refractivity contribution is -0.164. The Morgan fingerprint density at radius 3 is 2.74 bits per heavy atom. The third kappa shape index (κ3) is 2.20. The molecule has 2 aromatic rings. The number of nitrogens with one attached hydrogen (secondary N) is 1. The fourth-order valence-electron chi connectivity index (χ4n) is 1.69. The third-order valence-corrected chi connectivity index (χ3v) is 3.02. The van der Waals surface area contributed by atoms with Gasteiger partial charge in [0.15, 0.2) is 17.0 Å². The van der Waals surface area contributed by atoms with Gasteiger partial charge >= 0.3 is 6.18 Å². The topological polar surface area (TPSA) is 68.5 Å². The SMILES string of the molecule is CC(n1nnc2c(NC3CC3)ncnc21)C(F)(F)F. The number of anilines is 1. The van der Waals surface area contributed by atoms with Gasteiger partial charge < -0.3 is 5.32 Å². The number of aromatic nitrogens is 5. The molecule has 2 heterocycles. The number of halogens is 3. The maximum atomic E-state index is 12.7. The molecule has 0 bridgehead atoms. The first kappa shape index (κ1) is 12.1. The summed E-state index contributed by atoms with van der Waals surface area (Å²) >= 11 is 0. The van der Waals surface area contributed by atoms with E-state index < -0.39 is 12.2 Å². The second-order valence-corrected chi connectivity index (χ2v) is 4.56. The minimum absolute atomic E-state index is 0.0861. The summed E-state index contributed by atoms with van der Waals surface area (Å²) in [4.78, 5) is 7.85. The summed E-state index contributed by atoms with van der Waals surface area (Å²) in [6.07, 6.45) is -1.12. The lowest BCUT2D eigenvalue weighted by atomic mass is 10.3. The van der Waals surface area contributed by atoms with Crippen molar-refractivity contribution in [1.29, 1.82) is 0 Å². The molecule has 1 saturated carbocycles. The summed E-state index contributed by atoms with van der Waals surface area (Å²) < 4.78 is 38.9. The van der Waals surface area contributed by atoms with E-state index in [0.29, 0.717) is 11.9 Å². The van der Waals surface area contributed by atoms with Crippen LogP contribution in [0.15, 0.2) is 6.33 Å². The van der Waals surface area contributed by atoms with E-state index >= 15 is 0 Å². The molecule has 0 radical (unpaired) electrons. The average Bonchev–Trinajstić information content (AvgIpc) is 3.05. The van der Waals surface area contributed by atoms with Crippen molar-refractivity contribution in [3.05, 3.63) is 6.33 Å². The minimum atomic E-state index is -4.39. The highest BCUT2D eigenvalue weighted by Gasteiger charge is 2.39. The normalized spacial score (nSPS) is 17.7. The van der Waals surface area contributed by atoms with Crippen molar-refractivity contribution in [3.63, 3.8) is 0 Å². The first-order valence-electron chi connectivity index (χ1n) is 5.86. The van der Waals surface area contributed by atoms with Gasteiger partial charge in [-0.25, -0.2) is 14.6 Å². The van der Waals surface area contributed by atoms with Crippen molar-refractivity contribution in [2.45, 2.75) is 38.0 Å². The van der Waals surface area contributed by atoms with E-state index in [1.54, 1.807) is 0 Å². The standard InChI is InChI=1S/C10H11F3N6/c1-5(10(11,12)13)19-9-7(17-18-19)8(14-4-15-9)16-6-2-3-6/h4-6H,2-3H2,1H3,(H,14,15,16). The molecular formula is C10H11F3N6. The monoisotopic (exact) mass is 272 g/mol. The molecule has 1 aliphatic carbocycles. The van der Waals surface area contributed by atoms with Gasteiger partial charge in [-0.05, 0) is 19.8 Å². The van der Waals surface area contributed by atoms with Crippen LogP contribution in [0.1, 0.15) is 25.8 Å². The number of rotatable bonds is 3. The Labute approximate surface area is 106 Å². The van der Waals surface area contributed by atoms with Crippen LogP contribution >= 0.6 is 0 Å². The molecule has 0 aromatic carbocycles. The quantitative estimate of drug-likeness (QED) is 0.924. The summed E-state index contributed by atoms with van der Waals surface area (Å²) in [6.45, 7) is 1.02. The van der Waals surface area contributed by atoms with E-state index in [0.717, 1.165) is 24.4 Å². The van der Waals surface area contributed by atoms with Crippen molar-refractivity contribution in [2.75, 3.05) is 5.32 Å². The van der Waals surface area contributed by atoms with Crippen LogP contribution in [0.3, 0.4) is 0 Å². The van der Waals surface area contributed by atoms with Gasteiger partial charge in [-0.1, -0.05) is 5.21 Å². The van der Waals surface area contributed by atoms with Crippen molar-refractivity contribution < 1.29 is 13.2 Å². The molecule has 9 heteroatoms. The molecular weight excluding hydrogens is 261 g/mol. The maximum absolute atomic E-state index is 12.7. The summed E-state index contributed by atoms with van der Waals surface area (Å²) in [5.41, 5.74) is 0.355. The van der Waals surface area contributed by atoms with E-state index in [2.05, 4.69) is 25.6 Å². The Morgan fingerprint density at radius 2 is 2.11 bits per heavy atom. The summed E-state index contributed by atoms with van der Waals surface area (Å²) in [5, 5.41) is 10.4. The predicted molar refractivity (Wildman–Crippen MR) is 60.5 cm³/mol. The molecule has 102 valence electrons. The molecule has 1 unspecified atom stereocenters. The van der Waals surface area contributed by atoms with Crippen molar-refractivity contribution in [3.8, 4) is 0 Å². The second kappa shape index (κ2) is 4.04. The molecule has 0 saturated heterocycles. The number of fused-ring (bicyclic) bond motifs is 1. The van der Waals surface area contributed by atoms with Gasteiger partial charge in [0.25, 0.3) is 0 Å². The van der Waals surface area contributed by atoms with Gasteiger partial charge in [0.1, 0.15) is 12.4 Å². The number of alkyl halides is 3. The molecule has 0 amide bonds. The van der Waals surface area contributed by atoms with Gasteiger partial charge in [-0.15, -0.1) is 5.10 Å². The van der Waals surface area contributed by atoms with Crippen LogP contribution in [-0.4, -0.2) is 37.2 Å². The number of hydrogen-bond donors (Lipinski definition) is 1. The summed E-state index contributed by atoms with van der Waals surface area (Å²) in [6, 6.07) is -1.45. The molecule has 2 aromatic heterocycles. The Morgan fingerprint density at radius 1 is 1.37 bits per heavy atom. The van der Waals surface area contributed by atoms with E-state index in [1.807, 2.05) is 0 Å². The lowest BCUT2D eigenvalue weighted by Crippen LogP contribution is -2.25. The first-order valence-corrected chi connectivity index (χ1v) is 5.86. The third-order valence-electron chi connectivity index (χ3n) is 3.02. The summed E-state index contributed by atoms with van der Waals surface area (Å²) in [5.74, 6) is 0.438. The van der Waals surface area contributed by atoms with Crippen molar-refractivity contribution in [2.24, 2.45) is 0 Å². The van der Waals surface area contributed by atoms with Gasteiger partial charge in [0.2, 0.25) is 0 Å². The van der Waals surface area contributed by atoms with Gasteiger partial charge in [0, 0.05) is 6.04 Å². The highest BCUT2D eigenvalue weighted by atomic mass is 19.4. The van der Waals surface area contributed by atoms with Crippen LogP contribution in [0.25, 0.3) is 11.2 Å². The molecule has 3 rings (SSSR count). The molecule has 1 N–H and O–H groups in total. The Kier molecular flexibility index (Phi) is 2.58.